The standard InChI is InChI=1S/C14H7F6IO/c15-13(16,17)10-4-9(5-11(21)7-10)8-2-1-3-12(6-8)22-14(18,19)20/h1-7H. The molecule has 2 aromatic rings. The summed E-state index contributed by atoms with van der Waals surface area (Å²) in [6.45, 7) is 0. The molecule has 0 N–H and O–H groups in total. The van der Waals surface area contributed by atoms with E-state index in [0.717, 1.165) is 24.3 Å². The lowest BCUT2D eigenvalue weighted by Crippen LogP contribution is -2.17. The maximum atomic E-state index is 12.8. The van der Waals surface area contributed by atoms with E-state index < -0.39 is 23.9 Å². The molecule has 0 aliphatic heterocycles. The number of alkyl halides is 6. The molecule has 0 bridgehead atoms. The van der Waals surface area contributed by atoms with E-state index in [4.69, 9.17) is 0 Å². The molecule has 2 rings (SSSR count). The van der Waals surface area contributed by atoms with E-state index in [9.17, 15) is 26.3 Å². The molecule has 0 unspecified atom stereocenters. The third-order valence-corrected chi connectivity index (χ3v) is 3.25. The van der Waals surface area contributed by atoms with Crippen molar-refractivity contribution in [1.29, 1.82) is 0 Å². The molecule has 0 radical (unpaired) electrons. The van der Waals surface area contributed by atoms with E-state index in [2.05, 4.69) is 4.74 Å². The monoisotopic (exact) mass is 432 g/mol. The van der Waals surface area contributed by atoms with Gasteiger partial charge in [-0.25, -0.2) is 0 Å². The van der Waals surface area contributed by atoms with Gasteiger partial charge in [-0.15, -0.1) is 13.2 Å². The third kappa shape index (κ3) is 4.52. The Morgan fingerprint density at radius 3 is 2.09 bits per heavy atom. The molecule has 1 nitrogen and oxygen atoms in total. The lowest BCUT2D eigenvalue weighted by molar-refractivity contribution is -0.274. The molecule has 0 heterocycles. The lowest BCUT2D eigenvalue weighted by atomic mass is 10.0. The first-order chi connectivity index (χ1) is 10.0. The molecule has 0 atom stereocenters. The van der Waals surface area contributed by atoms with Crippen molar-refractivity contribution < 1.29 is 31.1 Å². The Hall–Kier alpha value is -1.45. The van der Waals surface area contributed by atoms with Gasteiger partial charge < -0.3 is 4.74 Å². The first-order valence-electron chi connectivity index (χ1n) is 5.78. The van der Waals surface area contributed by atoms with Crippen molar-refractivity contribution in [2.24, 2.45) is 0 Å². The molecule has 0 fully saturated rings. The fourth-order valence-corrected chi connectivity index (χ4v) is 2.46. The Morgan fingerprint density at radius 1 is 0.818 bits per heavy atom. The van der Waals surface area contributed by atoms with Gasteiger partial charge in [0.05, 0.1) is 5.56 Å². The molecule has 0 spiro atoms. The van der Waals surface area contributed by atoms with Crippen LogP contribution >= 0.6 is 22.6 Å². The van der Waals surface area contributed by atoms with Crippen molar-refractivity contribution in [3.05, 3.63) is 51.6 Å². The molecule has 0 aromatic heterocycles. The highest BCUT2D eigenvalue weighted by atomic mass is 127. The van der Waals surface area contributed by atoms with E-state index in [1.165, 1.54) is 18.2 Å². The van der Waals surface area contributed by atoms with Crippen molar-refractivity contribution >= 4 is 22.6 Å². The van der Waals surface area contributed by atoms with Gasteiger partial charge in [0.15, 0.2) is 0 Å². The Balaban J connectivity index is 2.44. The van der Waals surface area contributed by atoms with E-state index >= 15 is 0 Å². The largest absolute Gasteiger partial charge is 0.573 e. The van der Waals surface area contributed by atoms with Gasteiger partial charge in [-0.2, -0.15) is 13.2 Å². The fourth-order valence-electron chi connectivity index (χ4n) is 1.79. The SMILES string of the molecule is FC(F)(F)Oc1cccc(-c2cc(I)cc(C(F)(F)F)c2)c1. The number of ether oxygens (including phenoxy) is 1. The highest BCUT2D eigenvalue weighted by Gasteiger charge is 2.32. The Morgan fingerprint density at radius 2 is 1.50 bits per heavy atom. The van der Waals surface area contributed by atoms with E-state index in [1.54, 1.807) is 22.6 Å². The normalized spacial score (nSPS) is 12.3. The van der Waals surface area contributed by atoms with Crippen molar-refractivity contribution in [3.63, 3.8) is 0 Å². The van der Waals surface area contributed by atoms with Gasteiger partial charge >= 0.3 is 12.5 Å². The van der Waals surface area contributed by atoms with Crippen LogP contribution in [0.25, 0.3) is 11.1 Å². The van der Waals surface area contributed by atoms with Gasteiger partial charge in [-0.3, -0.25) is 0 Å². The average Bonchev–Trinajstić information content (AvgIpc) is 2.35. The zero-order valence-electron chi connectivity index (χ0n) is 10.6. The number of rotatable bonds is 2. The summed E-state index contributed by atoms with van der Waals surface area (Å²) in [6.07, 6.45) is -9.39. The minimum absolute atomic E-state index is 0.159. The fraction of sp³-hybridized carbons (Fsp3) is 0.143. The van der Waals surface area contributed by atoms with Gasteiger partial charge in [0, 0.05) is 3.57 Å². The quantitative estimate of drug-likeness (QED) is 0.426. The molecule has 22 heavy (non-hydrogen) atoms. The number of hydrogen-bond acceptors (Lipinski definition) is 1. The molecule has 0 amide bonds. The zero-order chi connectivity index (χ0) is 16.5. The predicted molar refractivity (Wildman–Crippen MR) is 76.3 cm³/mol. The van der Waals surface area contributed by atoms with Crippen LogP contribution in [-0.2, 0) is 6.18 Å². The van der Waals surface area contributed by atoms with Crippen LogP contribution in [0, 0.1) is 3.57 Å². The molecular formula is C14H7F6IO. The topological polar surface area (TPSA) is 9.23 Å². The summed E-state index contributed by atoms with van der Waals surface area (Å²) >= 11 is 1.72. The van der Waals surface area contributed by atoms with Crippen molar-refractivity contribution in [2.75, 3.05) is 0 Å². The van der Waals surface area contributed by atoms with Gasteiger partial charge in [-0.1, -0.05) is 12.1 Å². The minimum Gasteiger partial charge on any atom is -0.406 e. The summed E-state index contributed by atoms with van der Waals surface area (Å²) in [6, 6.07) is 8.10. The molecule has 0 aliphatic rings. The highest BCUT2D eigenvalue weighted by molar-refractivity contribution is 14.1. The summed E-state index contributed by atoms with van der Waals surface area (Å²) < 4.78 is 79.0. The summed E-state index contributed by atoms with van der Waals surface area (Å²) in [5.41, 5.74) is -0.505. The third-order valence-electron chi connectivity index (χ3n) is 2.63. The number of benzene rings is 2. The summed E-state index contributed by atoms with van der Waals surface area (Å²) in [5.74, 6) is -0.489. The molecule has 118 valence electrons. The highest BCUT2D eigenvalue weighted by Crippen LogP contribution is 2.35. The summed E-state index contributed by atoms with van der Waals surface area (Å²) in [4.78, 5) is 0. The maximum Gasteiger partial charge on any atom is 0.573 e. The smallest absolute Gasteiger partial charge is 0.406 e. The molecule has 0 saturated heterocycles. The van der Waals surface area contributed by atoms with Crippen LogP contribution in [0.5, 0.6) is 5.75 Å². The van der Waals surface area contributed by atoms with Gasteiger partial charge in [0.2, 0.25) is 0 Å². The van der Waals surface area contributed by atoms with Crippen LogP contribution in [0.3, 0.4) is 0 Å². The van der Waals surface area contributed by atoms with Crippen LogP contribution in [0.2, 0.25) is 0 Å². The van der Waals surface area contributed by atoms with E-state index in [0.29, 0.717) is 3.57 Å². The Kier molecular flexibility index (Phi) is 4.59. The summed E-state index contributed by atoms with van der Waals surface area (Å²) in [7, 11) is 0. The minimum atomic E-state index is -4.86. The van der Waals surface area contributed by atoms with Gasteiger partial charge in [0.1, 0.15) is 5.75 Å². The summed E-state index contributed by atoms with van der Waals surface area (Å²) in [5, 5.41) is 0. The molecular weight excluding hydrogens is 425 g/mol. The van der Waals surface area contributed by atoms with Gasteiger partial charge in [0.25, 0.3) is 0 Å². The molecule has 0 saturated carbocycles. The van der Waals surface area contributed by atoms with Crippen molar-refractivity contribution in [2.45, 2.75) is 12.5 Å². The first-order valence-corrected chi connectivity index (χ1v) is 6.86. The van der Waals surface area contributed by atoms with E-state index in [-0.39, 0.29) is 11.1 Å². The molecule has 8 heteroatoms. The Bertz CT molecular complexity index is 678. The average molecular weight is 432 g/mol. The Labute approximate surface area is 135 Å². The number of halogens is 7. The first kappa shape index (κ1) is 16.9. The van der Waals surface area contributed by atoms with Crippen molar-refractivity contribution in [3.8, 4) is 16.9 Å². The molecule has 0 aliphatic carbocycles. The second-order valence-corrected chi connectivity index (χ2v) is 5.55. The van der Waals surface area contributed by atoms with Gasteiger partial charge in [-0.05, 0) is 64.0 Å². The van der Waals surface area contributed by atoms with Crippen LogP contribution < -0.4 is 4.74 Å². The van der Waals surface area contributed by atoms with Crippen LogP contribution in [-0.4, -0.2) is 6.36 Å². The zero-order valence-corrected chi connectivity index (χ0v) is 12.8. The molecule has 2 aromatic carbocycles. The number of hydrogen-bond donors (Lipinski definition) is 0. The van der Waals surface area contributed by atoms with Crippen LogP contribution in [0.1, 0.15) is 5.56 Å². The second-order valence-electron chi connectivity index (χ2n) is 4.30. The van der Waals surface area contributed by atoms with Crippen LogP contribution in [0.15, 0.2) is 42.5 Å². The van der Waals surface area contributed by atoms with Crippen molar-refractivity contribution in [1.82, 2.24) is 0 Å². The predicted octanol–water partition coefficient (Wildman–Crippen LogP) is 5.88. The lowest BCUT2D eigenvalue weighted by Gasteiger charge is -2.12. The maximum absolute atomic E-state index is 12.8. The van der Waals surface area contributed by atoms with Crippen LogP contribution in [0.4, 0.5) is 26.3 Å². The second kappa shape index (κ2) is 5.98. The van der Waals surface area contributed by atoms with E-state index in [1.807, 2.05) is 0 Å².